The third-order valence-electron chi connectivity index (χ3n) is 2.17. The standard InChI is InChI=1S/C9H12O/c1-7-5-9(3-4-10)6-8(7)2/h3,9H,5-6H2,1-2H3. The first kappa shape index (κ1) is 7.30. The molecular formula is C9H12O. The molecule has 54 valence electrons. The van der Waals surface area contributed by atoms with Crippen molar-refractivity contribution >= 4 is 5.94 Å². The van der Waals surface area contributed by atoms with Crippen LogP contribution in [-0.2, 0) is 4.79 Å². The summed E-state index contributed by atoms with van der Waals surface area (Å²) in [5.74, 6) is 2.29. The van der Waals surface area contributed by atoms with Crippen molar-refractivity contribution in [1.82, 2.24) is 0 Å². The van der Waals surface area contributed by atoms with Crippen molar-refractivity contribution in [2.24, 2.45) is 5.92 Å². The van der Waals surface area contributed by atoms with Gasteiger partial charge in [0.25, 0.3) is 0 Å². The fourth-order valence-electron chi connectivity index (χ4n) is 1.42. The fourth-order valence-corrected chi connectivity index (χ4v) is 1.42. The molecule has 0 aromatic rings. The first-order chi connectivity index (χ1) is 4.74. The maximum atomic E-state index is 9.98. The lowest BCUT2D eigenvalue weighted by atomic mass is 10.1. The van der Waals surface area contributed by atoms with Crippen molar-refractivity contribution in [3.63, 3.8) is 0 Å². The zero-order chi connectivity index (χ0) is 7.56. The van der Waals surface area contributed by atoms with E-state index in [-0.39, 0.29) is 0 Å². The quantitative estimate of drug-likeness (QED) is 0.398. The van der Waals surface area contributed by atoms with Crippen molar-refractivity contribution in [2.75, 3.05) is 0 Å². The van der Waals surface area contributed by atoms with Gasteiger partial charge in [0.15, 0.2) is 0 Å². The summed E-state index contributed by atoms with van der Waals surface area (Å²) >= 11 is 0. The van der Waals surface area contributed by atoms with E-state index in [9.17, 15) is 4.79 Å². The van der Waals surface area contributed by atoms with E-state index in [0.717, 1.165) is 12.8 Å². The minimum Gasteiger partial charge on any atom is -0.234 e. The van der Waals surface area contributed by atoms with Gasteiger partial charge in [-0.1, -0.05) is 11.1 Å². The summed E-state index contributed by atoms with van der Waals surface area (Å²) in [7, 11) is 0. The highest BCUT2D eigenvalue weighted by atomic mass is 16.1. The molecule has 0 aromatic heterocycles. The van der Waals surface area contributed by atoms with Gasteiger partial charge in [-0.05, 0) is 32.6 Å². The van der Waals surface area contributed by atoms with E-state index in [1.54, 1.807) is 6.08 Å². The van der Waals surface area contributed by atoms with Gasteiger partial charge >= 0.3 is 0 Å². The molecule has 0 unspecified atom stereocenters. The largest absolute Gasteiger partial charge is 0.234 e. The van der Waals surface area contributed by atoms with Crippen LogP contribution >= 0.6 is 0 Å². The smallest absolute Gasteiger partial charge is 0.120 e. The van der Waals surface area contributed by atoms with Gasteiger partial charge in [-0.15, -0.1) is 0 Å². The highest BCUT2D eigenvalue weighted by Crippen LogP contribution is 2.30. The van der Waals surface area contributed by atoms with Crippen LogP contribution < -0.4 is 0 Å². The third-order valence-corrected chi connectivity index (χ3v) is 2.17. The Kier molecular flexibility index (Phi) is 2.08. The second-order valence-electron chi connectivity index (χ2n) is 3.01. The van der Waals surface area contributed by atoms with Gasteiger partial charge in [0.2, 0.25) is 0 Å². The minimum absolute atomic E-state index is 0.442. The van der Waals surface area contributed by atoms with Crippen LogP contribution in [0.5, 0.6) is 0 Å². The van der Waals surface area contributed by atoms with Gasteiger partial charge in [0, 0.05) is 6.08 Å². The van der Waals surface area contributed by atoms with E-state index in [1.165, 1.54) is 11.1 Å². The van der Waals surface area contributed by atoms with E-state index in [4.69, 9.17) is 0 Å². The number of rotatable bonds is 1. The first-order valence-electron chi connectivity index (χ1n) is 3.60. The summed E-state index contributed by atoms with van der Waals surface area (Å²) in [5, 5.41) is 0. The third kappa shape index (κ3) is 1.37. The van der Waals surface area contributed by atoms with Crippen molar-refractivity contribution in [3.05, 3.63) is 17.2 Å². The zero-order valence-electron chi connectivity index (χ0n) is 6.48. The Hall–Kier alpha value is -0.810. The molecule has 0 saturated heterocycles. The van der Waals surface area contributed by atoms with E-state index in [0.29, 0.717) is 5.92 Å². The minimum atomic E-state index is 0.442. The second-order valence-corrected chi connectivity index (χ2v) is 3.01. The Balaban J connectivity index is 2.59. The molecule has 10 heavy (non-hydrogen) atoms. The molecule has 1 aliphatic rings. The van der Waals surface area contributed by atoms with Crippen LogP contribution in [0.3, 0.4) is 0 Å². The monoisotopic (exact) mass is 136 g/mol. The molecule has 0 radical (unpaired) electrons. The van der Waals surface area contributed by atoms with Crippen LogP contribution in [0.15, 0.2) is 17.2 Å². The van der Waals surface area contributed by atoms with Crippen molar-refractivity contribution in [3.8, 4) is 0 Å². The summed E-state index contributed by atoms with van der Waals surface area (Å²) in [4.78, 5) is 9.98. The van der Waals surface area contributed by atoms with Gasteiger partial charge < -0.3 is 0 Å². The molecule has 0 amide bonds. The molecule has 0 heterocycles. The normalized spacial score (nSPS) is 19.4. The lowest BCUT2D eigenvalue weighted by Gasteiger charge is -1.96. The SMILES string of the molecule is CC1=C(C)CC(C=C=O)C1. The zero-order valence-corrected chi connectivity index (χ0v) is 6.48. The molecule has 0 saturated carbocycles. The van der Waals surface area contributed by atoms with Crippen molar-refractivity contribution in [1.29, 1.82) is 0 Å². The molecule has 0 fully saturated rings. The molecule has 0 N–H and O–H groups in total. The molecule has 1 nitrogen and oxygen atoms in total. The highest BCUT2D eigenvalue weighted by Gasteiger charge is 2.16. The summed E-state index contributed by atoms with van der Waals surface area (Å²) < 4.78 is 0. The molecule has 0 bridgehead atoms. The Morgan fingerprint density at radius 2 is 1.90 bits per heavy atom. The molecule has 1 heteroatoms. The van der Waals surface area contributed by atoms with Crippen molar-refractivity contribution < 1.29 is 4.79 Å². The number of hydrogen-bond acceptors (Lipinski definition) is 1. The van der Waals surface area contributed by atoms with Crippen LogP contribution in [0.4, 0.5) is 0 Å². The predicted octanol–water partition coefficient (Wildman–Crippen LogP) is 2.12. The first-order valence-corrected chi connectivity index (χ1v) is 3.60. The average Bonchev–Trinajstić information content (AvgIpc) is 2.14. The van der Waals surface area contributed by atoms with E-state index in [1.807, 2.05) is 5.94 Å². The van der Waals surface area contributed by atoms with Crippen LogP contribution in [0.2, 0.25) is 0 Å². The maximum absolute atomic E-state index is 9.98. The van der Waals surface area contributed by atoms with Gasteiger partial charge in [-0.2, -0.15) is 0 Å². The number of carbonyl (C=O) groups excluding carboxylic acids is 1. The summed E-state index contributed by atoms with van der Waals surface area (Å²) in [5.41, 5.74) is 2.88. The molecule has 1 aliphatic carbocycles. The van der Waals surface area contributed by atoms with Gasteiger partial charge in [-0.3, -0.25) is 0 Å². The average molecular weight is 136 g/mol. The lowest BCUT2D eigenvalue weighted by Crippen LogP contribution is -1.88. The summed E-state index contributed by atoms with van der Waals surface area (Å²) in [6, 6.07) is 0. The molecule has 1 rings (SSSR count). The Morgan fingerprint density at radius 1 is 1.40 bits per heavy atom. The van der Waals surface area contributed by atoms with Crippen molar-refractivity contribution in [2.45, 2.75) is 26.7 Å². The summed E-state index contributed by atoms with van der Waals surface area (Å²) in [6.07, 6.45) is 3.75. The van der Waals surface area contributed by atoms with E-state index >= 15 is 0 Å². The molecule has 0 aromatic carbocycles. The molecule has 0 aliphatic heterocycles. The predicted molar refractivity (Wildman–Crippen MR) is 41.4 cm³/mol. The number of allylic oxidation sites excluding steroid dienone is 3. The summed E-state index contributed by atoms with van der Waals surface area (Å²) in [6.45, 7) is 4.27. The maximum Gasteiger partial charge on any atom is 0.120 e. The highest BCUT2D eigenvalue weighted by molar-refractivity contribution is 5.46. The molecule has 0 atom stereocenters. The fraction of sp³-hybridized carbons (Fsp3) is 0.556. The van der Waals surface area contributed by atoms with Crippen LogP contribution in [-0.4, -0.2) is 5.94 Å². The van der Waals surface area contributed by atoms with Crippen LogP contribution in [0.25, 0.3) is 0 Å². The number of hydrogen-bond donors (Lipinski definition) is 0. The van der Waals surface area contributed by atoms with E-state index in [2.05, 4.69) is 13.8 Å². The molecular weight excluding hydrogens is 124 g/mol. The topological polar surface area (TPSA) is 17.1 Å². The van der Waals surface area contributed by atoms with Gasteiger partial charge in [-0.25, -0.2) is 4.79 Å². The second kappa shape index (κ2) is 2.85. The Bertz CT molecular complexity index is 193. The van der Waals surface area contributed by atoms with Gasteiger partial charge in [0.1, 0.15) is 5.94 Å². The van der Waals surface area contributed by atoms with Crippen LogP contribution in [0, 0.1) is 5.92 Å². The lowest BCUT2D eigenvalue weighted by molar-refractivity contribution is 0.564. The van der Waals surface area contributed by atoms with Gasteiger partial charge in [0.05, 0.1) is 0 Å². The van der Waals surface area contributed by atoms with E-state index < -0.39 is 0 Å². The molecule has 0 spiro atoms. The Labute approximate surface area is 61.4 Å². The van der Waals surface area contributed by atoms with Crippen LogP contribution in [0.1, 0.15) is 26.7 Å². The Morgan fingerprint density at radius 3 is 2.30 bits per heavy atom.